The van der Waals surface area contributed by atoms with Gasteiger partial charge in [0.2, 0.25) is 0 Å². The molecule has 3 nitrogen and oxygen atoms in total. The minimum absolute atomic E-state index is 0.243. The predicted molar refractivity (Wildman–Crippen MR) is 70.1 cm³/mol. The maximum Gasteiger partial charge on any atom is 0.0897 e. The second-order valence-electron chi connectivity index (χ2n) is 4.30. The number of aliphatic hydroxyl groups is 1. The minimum Gasteiger partial charge on any atom is -0.389 e. The molecule has 0 aliphatic carbocycles. The standard InChI is InChI=1S/C14H23NO2/c1-4-17-10-13(16)9-15-12(3)14-8-6-5-7-11(14)2/h5-8,12-13,15-16H,4,9-10H2,1-3H3/t12-,13?/m0/s1. The number of hydrogen-bond donors (Lipinski definition) is 2. The average Bonchev–Trinajstić information content (AvgIpc) is 2.34. The van der Waals surface area contributed by atoms with Crippen molar-refractivity contribution in [2.45, 2.75) is 32.9 Å². The van der Waals surface area contributed by atoms with E-state index < -0.39 is 6.10 Å². The van der Waals surface area contributed by atoms with Crippen molar-refractivity contribution in [2.75, 3.05) is 19.8 Å². The van der Waals surface area contributed by atoms with E-state index >= 15 is 0 Å². The molecule has 0 aromatic heterocycles. The van der Waals surface area contributed by atoms with E-state index in [2.05, 4.69) is 31.3 Å². The van der Waals surface area contributed by atoms with Crippen molar-refractivity contribution in [3.05, 3.63) is 35.4 Å². The van der Waals surface area contributed by atoms with Gasteiger partial charge in [0.15, 0.2) is 0 Å². The lowest BCUT2D eigenvalue weighted by molar-refractivity contribution is 0.0416. The van der Waals surface area contributed by atoms with Crippen LogP contribution in [0.3, 0.4) is 0 Å². The highest BCUT2D eigenvalue weighted by Gasteiger charge is 2.10. The van der Waals surface area contributed by atoms with Crippen LogP contribution in [0.4, 0.5) is 0 Å². The molecule has 0 spiro atoms. The highest BCUT2D eigenvalue weighted by atomic mass is 16.5. The number of benzene rings is 1. The van der Waals surface area contributed by atoms with Gasteiger partial charge in [0.25, 0.3) is 0 Å². The van der Waals surface area contributed by atoms with E-state index in [4.69, 9.17) is 4.74 Å². The number of rotatable bonds is 7. The first kappa shape index (κ1) is 14.2. The molecule has 17 heavy (non-hydrogen) atoms. The number of ether oxygens (including phenoxy) is 1. The fourth-order valence-electron chi connectivity index (χ4n) is 1.81. The largest absolute Gasteiger partial charge is 0.389 e. The number of nitrogens with one attached hydrogen (secondary N) is 1. The number of aryl methyl sites for hydroxylation is 1. The Bertz CT molecular complexity index is 328. The van der Waals surface area contributed by atoms with Crippen molar-refractivity contribution < 1.29 is 9.84 Å². The fourth-order valence-corrected chi connectivity index (χ4v) is 1.81. The van der Waals surface area contributed by atoms with Gasteiger partial charge in [-0.3, -0.25) is 0 Å². The van der Waals surface area contributed by atoms with Crippen LogP contribution in [0.2, 0.25) is 0 Å². The van der Waals surface area contributed by atoms with Crippen LogP contribution in [0.15, 0.2) is 24.3 Å². The number of hydrogen-bond acceptors (Lipinski definition) is 3. The van der Waals surface area contributed by atoms with E-state index in [0.717, 1.165) is 0 Å². The molecule has 0 amide bonds. The van der Waals surface area contributed by atoms with E-state index in [9.17, 15) is 5.11 Å². The Labute approximate surface area is 104 Å². The second-order valence-corrected chi connectivity index (χ2v) is 4.30. The summed E-state index contributed by atoms with van der Waals surface area (Å²) in [5.74, 6) is 0. The number of aliphatic hydroxyl groups excluding tert-OH is 1. The van der Waals surface area contributed by atoms with Crippen molar-refractivity contribution in [3.8, 4) is 0 Å². The molecule has 2 atom stereocenters. The molecular formula is C14H23NO2. The SMILES string of the molecule is CCOCC(O)CN[C@@H](C)c1ccccc1C. The Morgan fingerprint density at radius 3 is 2.71 bits per heavy atom. The third kappa shape index (κ3) is 4.86. The zero-order valence-corrected chi connectivity index (χ0v) is 10.9. The van der Waals surface area contributed by atoms with Crippen LogP contribution in [-0.4, -0.2) is 31.0 Å². The molecule has 0 saturated carbocycles. The first-order valence-electron chi connectivity index (χ1n) is 6.19. The van der Waals surface area contributed by atoms with Crippen LogP contribution in [0.1, 0.15) is 31.0 Å². The van der Waals surface area contributed by atoms with E-state index in [1.54, 1.807) is 0 Å². The Kier molecular flexibility index (Phi) is 6.19. The topological polar surface area (TPSA) is 41.5 Å². The molecule has 0 heterocycles. The maximum absolute atomic E-state index is 9.66. The van der Waals surface area contributed by atoms with Crippen LogP contribution >= 0.6 is 0 Å². The Morgan fingerprint density at radius 1 is 1.35 bits per heavy atom. The van der Waals surface area contributed by atoms with Crippen LogP contribution in [0.25, 0.3) is 0 Å². The van der Waals surface area contributed by atoms with Crippen LogP contribution in [0.5, 0.6) is 0 Å². The van der Waals surface area contributed by atoms with Crippen LogP contribution in [0, 0.1) is 6.92 Å². The normalized spacial score (nSPS) is 14.6. The van der Waals surface area contributed by atoms with Crippen molar-refractivity contribution in [1.29, 1.82) is 0 Å². The van der Waals surface area contributed by atoms with Gasteiger partial charge in [-0.05, 0) is 31.9 Å². The Hall–Kier alpha value is -0.900. The van der Waals surface area contributed by atoms with Crippen LogP contribution in [-0.2, 0) is 4.74 Å². The van der Waals surface area contributed by atoms with E-state index in [0.29, 0.717) is 19.8 Å². The molecule has 0 radical (unpaired) electrons. The van der Waals surface area contributed by atoms with Gasteiger partial charge in [-0.2, -0.15) is 0 Å². The third-order valence-corrected chi connectivity index (χ3v) is 2.83. The van der Waals surface area contributed by atoms with E-state index in [1.807, 2.05) is 19.1 Å². The summed E-state index contributed by atoms with van der Waals surface area (Å²) in [5, 5.41) is 13.0. The molecule has 0 aliphatic heterocycles. The van der Waals surface area contributed by atoms with E-state index in [-0.39, 0.29) is 6.04 Å². The van der Waals surface area contributed by atoms with Gasteiger partial charge in [0.05, 0.1) is 12.7 Å². The van der Waals surface area contributed by atoms with Gasteiger partial charge >= 0.3 is 0 Å². The lowest BCUT2D eigenvalue weighted by atomic mass is 10.0. The van der Waals surface area contributed by atoms with Gasteiger partial charge in [-0.25, -0.2) is 0 Å². The summed E-state index contributed by atoms with van der Waals surface area (Å²) in [4.78, 5) is 0. The lowest BCUT2D eigenvalue weighted by Gasteiger charge is -2.19. The summed E-state index contributed by atoms with van der Waals surface area (Å²) in [5.41, 5.74) is 2.54. The van der Waals surface area contributed by atoms with Crippen molar-refractivity contribution in [1.82, 2.24) is 5.32 Å². The second kappa shape index (κ2) is 7.43. The van der Waals surface area contributed by atoms with Crippen molar-refractivity contribution in [2.24, 2.45) is 0 Å². The Balaban J connectivity index is 2.39. The molecule has 1 aromatic rings. The summed E-state index contributed by atoms with van der Waals surface area (Å²) in [6.45, 7) is 7.72. The molecule has 2 N–H and O–H groups in total. The smallest absolute Gasteiger partial charge is 0.0897 e. The zero-order valence-electron chi connectivity index (χ0n) is 10.9. The first-order chi connectivity index (χ1) is 8.15. The molecule has 1 unspecified atom stereocenters. The quantitative estimate of drug-likeness (QED) is 0.762. The predicted octanol–water partition coefficient (Wildman–Crippen LogP) is 2.04. The van der Waals surface area contributed by atoms with E-state index in [1.165, 1.54) is 11.1 Å². The first-order valence-corrected chi connectivity index (χ1v) is 6.19. The van der Waals surface area contributed by atoms with Gasteiger partial charge in [-0.15, -0.1) is 0 Å². The minimum atomic E-state index is -0.443. The van der Waals surface area contributed by atoms with Crippen molar-refractivity contribution in [3.63, 3.8) is 0 Å². The monoisotopic (exact) mass is 237 g/mol. The molecule has 1 rings (SSSR count). The summed E-state index contributed by atoms with van der Waals surface area (Å²) < 4.78 is 5.17. The highest BCUT2D eigenvalue weighted by Crippen LogP contribution is 2.16. The lowest BCUT2D eigenvalue weighted by Crippen LogP contribution is -2.32. The molecule has 1 aromatic carbocycles. The molecular weight excluding hydrogens is 214 g/mol. The van der Waals surface area contributed by atoms with Gasteiger partial charge < -0.3 is 15.2 Å². The van der Waals surface area contributed by atoms with Crippen molar-refractivity contribution >= 4 is 0 Å². The maximum atomic E-state index is 9.66. The zero-order chi connectivity index (χ0) is 12.7. The highest BCUT2D eigenvalue weighted by molar-refractivity contribution is 5.28. The van der Waals surface area contributed by atoms with Gasteiger partial charge in [0, 0.05) is 19.2 Å². The average molecular weight is 237 g/mol. The Morgan fingerprint density at radius 2 is 2.06 bits per heavy atom. The molecule has 3 heteroatoms. The fraction of sp³-hybridized carbons (Fsp3) is 0.571. The summed E-state index contributed by atoms with van der Waals surface area (Å²) in [6, 6.07) is 8.53. The molecule has 96 valence electrons. The van der Waals surface area contributed by atoms with Crippen LogP contribution < -0.4 is 5.32 Å². The molecule has 0 fully saturated rings. The summed E-state index contributed by atoms with van der Waals surface area (Å²) >= 11 is 0. The molecule has 0 bridgehead atoms. The molecule has 0 aliphatic rings. The van der Waals surface area contributed by atoms with Gasteiger partial charge in [0.1, 0.15) is 0 Å². The molecule has 0 saturated heterocycles. The summed E-state index contributed by atoms with van der Waals surface area (Å²) in [7, 11) is 0. The third-order valence-electron chi connectivity index (χ3n) is 2.83. The van der Waals surface area contributed by atoms with Gasteiger partial charge in [-0.1, -0.05) is 24.3 Å². The summed E-state index contributed by atoms with van der Waals surface area (Å²) in [6.07, 6.45) is -0.443.